The Balaban J connectivity index is 0.00000240. The van der Waals surface area contributed by atoms with Gasteiger partial charge in [-0.1, -0.05) is 19.1 Å². The molecule has 2 aromatic rings. The lowest BCUT2D eigenvalue weighted by Gasteiger charge is -2.38. The standard InChI is InChI=1S/C21H25FN6.ClH/c1-2-15-5-9-17(10-6-15)24-20-25-19(23)26-21(27-13-3-4-14-27)28(20)18-11-7-16(22)8-12-18;/h5-12,20,24H,2-4,13-14H2,1H3,(H2,23,25);1H. The van der Waals surface area contributed by atoms with Crippen LogP contribution in [0.3, 0.4) is 0 Å². The number of rotatable bonds is 4. The highest BCUT2D eigenvalue weighted by atomic mass is 35.5. The van der Waals surface area contributed by atoms with Crippen LogP contribution >= 0.6 is 12.4 Å². The lowest BCUT2D eigenvalue weighted by atomic mass is 10.1. The van der Waals surface area contributed by atoms with E-state index in [1.165, 1.54) is 17.7 Å². The summed E-state index contributed by atoms with van der Waals surface area (Å²) in [5, 5.41) is 3.44. The number of likely N-dealkylation sites (tertiary alicyclic amines) is 1. The summed E-state index contributed by atoms with van der Waals surface area (Å²) in [6.45, 7) is 3.97. The van der Waals surface area contributed by atoms with Crippen molar-refractivity contribution >= 4 is 35.7 Å². The Bertz CT molecular complexity index is 875. The van der Waals surface area contributed by atoms with Gasteiger partial charge < -0.3 is 16.0 Å². The zero-order valence-electron chi connectivity index (χ0n) is 16.4. The molecule has 0 bridgehead atoms. The highest BCUT2D eigenvalue weighted by Gasteiger charge is 2.32. The molecule has 29 heavy (non-hydrogen) atoms. The molecule has 2 heterocycles. The number of aryl methyl sites for hydroxylation is 1. The summed E-state index contributed by atoms with van der Waals surface area (Å²) in [6, 6.07) is 14.6. The third kappa shape index (κ3) is 4.62. The van der Waals surface area contributed by atoms with Crippen molar-refractivity contribution in [2.24, 2.45) is 15.7 Å². The number of nitrogens with one attached hydrogen (secondary N) is 1. The topological polar surface area (TPSA) is 69.2 Å². The van der Waals surface area contributed by atoms with E-state index in [0.717, 1.165) is 49.7 Å². The van der Waals surface area contributed by atoms with Gasteiger partial charge in [0.1, 0.15) is 5.82 Å². The highest BCUT2D eigenvalue weighted by Crippen LogP contribution is 2.26. The number of aliphatic imine (C=N–C) groups is 2. The van der Waals surface area contributed by atoms with Crippen LogP contribution in [0.4, 0.5) is 15.8 Å². The van der Waals surface area contributed by atoms with Crippen LogP contribution in [0.1, 0.15) is 25.3 Å². The van der Waals surface area contributed by atoms with Crippen LogP contribution in [0.25, 0.3) is 0 Å². The first kappa shape index (κ1) is 20.9. The normalized spacial score (nSPS) is 18.8. The number of guanidine groups is 2. The van der Waals surface area contributed by atoms with Gasteiger partial charge >= 0.3 is 0 Å². The van der Waals surface area contributed by atoms with Crippen molar-refractivity contribution in [3.8, 4) is 0 Å². The number of benzene rings is 2. The number of hydrogen-bond donors (Lipinski definition) is 2. The minimum absolute atomic E-state index is 0. The number of hydrogen-bond acceptors (Lipinski definition) is 6. The smallest absolute Gasteiger partial charge is 0.222 e. The van der Waals surface area contributed by atoms with Gasteiger partial charge in [-0.2, -0.15) is 4.99 Å². The molecule has 4 rings (SSSR count). The molecule has 154 valence electrons. The molecule has 0 spiro atoms. The summed E-state index contributed by atoms with van der Waals surface area (Å²) in [5.41, 5.74) is 9.08. The summed E-state index contributed by atoms with van der Waals surface area (Å²) < 4.78 is 13.5. The molecule has 2 aliphatic heterocycles. The second-order valence-corrected chi connectivity index (χ2v) is 7.01. The number of anilines is 2. The van der Waals surface area contributed by atoms with Crippen LogP contribution in [0.2, 0.25) is 0 Å². The van der Waals surface area contributed by atoms with Gasteiger partial charge in [0.05, 0.1) is 0 Å². The Morgan fingerprint density at radius 2 is 1.72 bits per heavy atom. The van der Waals surface area contributed by atoms with Crippen molar-refractivity contribution in [2.75, 3.05) is 23.3 Å². The Morgan fingerprint density at radius 3 is 2.34 bits per heavy atom. The molecule has 1 unspecified atom stereocenters. The van der Waals surface area contributed by atoms with E-state index in [1.54, 1.807) is 12.1 Å². The fourth-order valence-corrected chi connectivity index (χ4v) is 3.56. The largest absolute Gasteiger partial charge is 0.368 e. The zero-order valence-corrected chi connectivity index (χ0v) is 17.2. The van der Waals surface area contributed by atoms with Crippen LogP contribution in [0.5, 0.6) is 0 Å². The van der Waals surface area contributed by atoms with Gasteiger partial charge in [-0.25, -0.2) is 9.38 Å². The van der Waals surface area contributed by atoms with Crippen LogP contribution in [-0.2, 0) is 6.42 Å². The first-order chi connectivity index (χ1) is 13.6. The minimum atomic E-state index is -0.467. The first-order valence-corrected chi connectivity index (χ1v) is 9.71. The van der Waals surface area contributed by atoms with E-state index in [2.05, 4.69) is 39.3 Å². The fourth-order valence-electron chi connectivity index (χ4n) is 3.56. The van der Waals surface area contributed by atoms with Gasteiger partial charge in [0.15, 0.2) is 0 Å². The summed E-state index contributed by atoms with van der Waals surface area (Å²) >= 11 is 0. The Morgan fingerprint density at radius 1 is 1.07 bits per heavy atom. The zero-order chi connectivity index (χ0) is 19.5. The van der Waals surface area contributed by atoms with E-state index < -0.39 is 6.29 Å². The summed E-state index contributed by atoms with van der Waals surface area (Å²) in [6.07, 6.45) is 2.75. The maximum Gasteiger partial charge on any atom is 0.222 e. The van der Waals surface area contributed by atoms with E-state index >= 15 is 0 Å². The van der Waals surface area contributed by atoms with Crippen LogP contribution < -0.4 is 16.0 Å². The monoisotopic (exact) mass is 416 g/mol. The molecule has 8 heteroatoms. The molecule has 1 saturated heterocycles. The molecule has 0 aromatic heterocycles. The van der Waals surface area contributed by atoms with Crippen molar-refractivity contribution in [2.45, 2.75) is 32.5 Å². The van der Waals surface area contributed by atoms with E-state index in [-0.39, 0.29) is 24.2 Å². The Hall–Kier alpha value is -2.80. The average molecular weight is 417 g/mol. The van der Waals surface area contributed by atoms with Crippen molar-refractivity contribution in [3.05, 3.63) is 59.9 Å². The Labute approximate surface area is 176 Å². The van der Waals surface area contributed by atoms with Gasteiger partial charge in [-0.15, -0.1) is 12.4 Å². The summed E-state index contributed by atoms with van der Waals surface area (Å²) in [7, 11) is 0. The molecule has 1 atom stereocenters. The van der Waals surface area contributed by atoms with Crippen molar-refractivity contribution < 1.29 is 4.39 Å². The fraction of sp³-hybridized carbons (Fsp3) is 0.333. The van der Waals surface area contributed by atoms with Crippen LogP contribution in [0, 0.1) is 5.82 Å². The number of nitrogens with two attached hydrogens (primary N) is 1. The highest BCUT2D eigenvalue weighted by molar-refractivity contribution is 6.06. The van der Waals surface area contributed by atoms with E-state index in [9.17, 15) is 4.39 Å². The van der Waals surface area contributed by atoms with Crippen molar-refractivity contribution in [3.63, 3.8) is 0 Å². The molecular formula is C21H26ClFN6. The van der Waals surface area contributed by atoms with E-state index in [0.29, 0.717) is 0 Å². The number of halogens is 2. The van der Waals surface area contributed by atoms with Crippen LogP contribution in [0.15, 0.2) is 58.5 Å². The Kier molecular flexibility index (Phi) is 6.59. The minimum Gasteiger partial charge on any atom is -0.368 e. The predicted molar refractivity (Wildman–Crippen MR) is 119 cm³/mol. The molecule has 2 aliphatic rings. The third-order valence-corrected chi connectivity index (χ3v) is 5.08. The molecule has 2 aromatic carbocycles. The summed E-state index contributed by atoms with van der Waals surface area (Å²) in [4.78, 5) is 13.2. The maximum absolute atomic E-state index is 13.5. The predicted octanol–water partition coefficient (Wildman–Crippen LogP) is 3.79. The van der Waals surface area contributed by atoms with Gasteiger partial charge in [0.25, 0.3) is 0 Å². The summed E-state index contributed by atoms with van der Waals surface area (Å²) in [5.74, 6) is 0.713. The van der Waals surface area contributed by atoms with Crippen molar-refractivity contribution in [1.82, 2.24) is 4.90 Å². The molecular weight excluding hydrogens is 391 g/mol. The molecule has 0 aliphatic carbocycles. The van der Waals surface area contributed by atoms with Crippen molar-refractivity contribution in [1.29, 1.82) is 0 Å². The van der Waals surface area contributed by atoms with Gasteiger partial charge in [-0.3, -0.25) is 4.90 Å². The average Bonchev–Trinajstić information content (AvgIpc) is 3.24. The quantitative estimate of drug-likeness (QED) is 0.795. The third-order valence-electron chi connectivity index (χ3n) is 5.08. The second kappa shape index (κ2) is 9.13. The van der Waals surface area contributed by atoms with Gasteiger partial charge in [-0.05, 0) is 61.2 Å². The molecule has 0 saturated carbocycles. The van der Waals surface area contributed by atoms with Gasteiger partial charge in [0.2, 0.25) is 18.2 Å². The van der Waals surface area contributed by atoms with Gasteiger partial charge in [0, 0.05) is 24.5 Å². The lowest BCUT2D eigenvalue weighted by molar-refractivity contribution is 0.497. The molecule has 1 fully saturated rings. The molecule has 0 radical (unpaired) electrons. The van der Waals surface area contributed by atoms with E-state index in [4.69, 9.17) is 5.73 Å². The van der Waals surface area contributed by atoms with Crippen LogP contribution in [-0.4, -0.2) is 36.2 Å². The number of nitrogens with zero attached hydrogens (tertiary/aromatic N) is 4. The molecule has 0 amide bonds. The maximum atomic E-state index is 13.5. The second-order valence-electron chi connectivity index (χ2n) is 7.01. The SMILES string of the molecule is CCc1ccc(NC2N=C(N)N=C(N3CCCC3)N2c2ccc(F)cc2)cc1.Cl. The van der Waals surface area contributed by atoms with E-state index in [1.807, 2.05) is 17.0 Å². The molecule has 3 N–H and O–H groups in total. The first-order valence-electron chi connectivity index (χ1n) is 9.71. The molecule has 6 nitrogen and oxygen atoms in total. The lowest BCUT2D eigenvalue weighted by Crippen LogP contribution is -2.54.